The lowest BCUT2D eigenvalue weighted by molar-refractivity contribution is 0.102. The monoisotopic (exact) mass is 437 g/mol. The molecular formula is C21H20BrN5O. The molecule has 0 aliphatic carbocycles. The Morgan fingerprint density at radius 1 is 1.21 bits per heavy atom. The van der Waals surface area contributed by atoms with Crippen molar-refractivity contribution < 1.29 is 4.79 Å². The van der Waals surface area contributed by atoms with Crippen LogP contribution in [0.15, 0.2) is 53.3 Å². The van der Waals surface area contributed by atoms with E-state index >= 15 is 0 Å². The maximum Gasteiger partial charge on any atom is 0.259 e. The molecule has 28 heavy (non-hydrogen) atoms. The van der Waals surface area contributed by atoms with Gasteiger partial charge in [0.15, 0.2) is 0 Å². The lowest BCUT2D eigenvalue weighted by atomic mass is 10.1. The summed E-state index contributed by atoms with van der Waals surface area (Å²) in [5.41, 5.74) is 3.49. The molecule has 0 saturated heterocycles. The average molecular weight is 438 g/mol. The van der Waals surface area contributed by atoms with Gasteiger partial charge in [-0.1, -0.05) is 22.9 Å². The van der Waals surface area contributed by atoms with Gasteiger partial charge in [0.2, 0.25) is 0 Å². The number of nitrogens with zero attached hydrogens (tertiary/aromatic N) is 4. The maximum absolute atomic E-state index is 12.9. The molecule has 1 aliphatic rings. The standard InChI is InChI=1S/C21H20BrN5O/c1-2-19-24-12-14-9-11-27(13-18(14)26-19)20-17(4-3-10-23-20)21(28)25-16-7-5-15(22)6-8-16/h3-8,10,12H,2,9,11,13H2,1H3,(H,25,28). The van der Waals surface area contributed by atoms with Gasteiger partial charge in [-0.05, 0) is 48.4 Å². The van der Waals surface area contributed by atoms with Gasteiger partial charge in [-0.2, -0.15) is 0 Å². The average Bonchev–Trinajstić information content (AvgIpc) is 2.74. The van der Waals surface area contributed by atoms with Crippen molar-refractivity contribution >= 4 is 33.3 Å². The molecule has 1 N–H and O–H groups in total. The summed E-state index contributed by atoms with van der Waals surface area (Å²) >= 11 is 3.40. The van der Waals surface area contributed by atoms with Crippen LogP contribution in [0.1, 0.15) is 34.4 Å². The Balaban J connectivity index is 1.59. The number of aromatic nitrogens is 3. The second kappa shape index (κ2) is 8.06. The highest BCUT2D eigenvalue weighted by Crippen LogP contribution is 2.25. The molecule has 142 valence electrons. The zero-order chi connectivity index (χ0) is 19.5. The van der Waals surface area contributed by atoms with Gasteiger partial charge >= 0.3 is 0 Å². The number of pyridine rings is 1. The summed E-state index contributed by atoms with van der Waals surface area (Å²) in [7, 11) is 0. The van der Waals surface area contributed by atoms with Crippen molar-refractivity contribution in [1.29, 1.82) is 0 Å². The highest BCUT2D eigenvalue weighted by atomic mass is 79.9. The molecular weight excluding hydrogens is 418 g/mol. The topological polar surface area (TPSA) is 71.0 Å². The first-order valence-corrected chi connectivity index (χ1v) is 10.0. The molecule has 1 amide bonds. The zero-order valence-electron chi connectivity index (χ0n) is 15.5. The van der Waals surface area contributed by atoms with Gasteiger partial charge in [0, 0.05) is 35.5 Å². The predicted octanol–water partition coefficient (Wildman–Crippen LogP) is 4.01. The lowest BCUT2D eigenvalue weighted by Gasteiger charge is -2.30. The number of halogens is 1. The highest BCUT2D eigenvalue weighted by Gasteiger charge is 2.23. The molecule has 0 radical (unpaired) electrons. The summed E-state index contributed by atoms with van der Waals surface area (Å²) in [5.74, 6) is 1.35. The number of amides is 1. The number of nitrogens with one attached hydrogen (secondary N) is 1. The summed E-state index contributed by atoms with van der Waals surface area (Å²) < 4.78 is 0.966. The van der Waals surface area contributed by atoms with E-state index in [0.29, 0.717) is 17.9 Å². The van der Waals surface area contributed by atoms with E-state index in [1.165, 1.54) is 5.56 Å². The van der Waals surface area contributed by atoms with Crippen molar-refractivity contribution in [3.05, 3.63) is 75.9 Å². The second-order valence-electron chi connectivity index (χ2n) is 6.62. The van der Waals surface area contributed by atoms with Crippen LogP contribution in [0.5, 0.6) is 0 Å². The summed E-state index contributed by atoms with van der Waals surface area (Å²) in [4.78, 5) is 28.6. The number of anilines is 2. The fraction of sp³-hybridized carbons (Fsp3) is 0.238. The van der Waals surface area contributed by atoms with Gasteiger partial charge in [-0.3, -0.25) is 4.79 Å². The van der Waals surface area contributed by atoms with Crippen LogP contribution in [0.25, 0.3) is 0 Å². The van der Waals surface area contributed by atoms with Crippen LogP contribution in [-0.4, -0.2) is 27.4 Å². The number of hydrogen-bond acceptors (Lipinski definition) is 5. The molecule has 0 unspecified atom stereocenters. The van der Waals surface area contributed by atoms with Crippen LogP contribution in [0, 0.1) is 0 Å². The molecule has 6 nitrogen and oxygen atoms in total. The molecule has 3 heterocycles. The Hall–Kier alpha value is -2.80. The summed E-state index contributed by atoms with van der Waals surface area (Å²) in [6.07, 6.45) is 5.29. The van der Waals surface area contributed by atoms with Crippen molar-refractivity contribution in [2.75, 3.05) is 16.8 Å². The minimum Gasteiger partial charge on any atom is -0.350 e. The molecule has 1 aromatic carbocycles. The fourth-order valence-corrected chi connectivity index (χ4v) is 3.52. The number of carbonyl (C=O) groups is 1. The SMILES string of the molecule is CCc1ncc2c(n1)CN(c1ncccc1C(=O)Nc1ccc(Br)cc1)CC2. The number of benzene rings is 1. The normalized spacial score (nSPS) is 13.1. The van der Waals surface area contributed by atoms with Crippen LogP contribution < -0.4 is 10.2 Å². The largest absolute Gasteiger partial charge is 0.350 e. The highest BCUT2D eigenvalue weighted by molar-refractivity contribution is 9.10. The molecule has 0 saturated carbocycles. The minimum atomic E-state index is -0.173. The minimum absolute atomic E-state index is 0.173. The molecule has 0 bridgehead atoms. The first-order chi connectivity index (χ1) is 13.6. The summed E-state index contributed by atoms with van der Waals surface area (Å²) in [5, 5.41) is 2.95. The van der Waals surface area contributed by atoms with Crippen molar-refractivity contribution in [3.63, 3.8) is 0 Å². The summed E-state index contributed by atoms with van der Waals surface area (Å²) in [6.45, 7) is 3.45. The Kier molecular flexibility index (Phi) is 5.34. The van der Waals surface area contributed by atoms with Gasteiger partial charge in [-0.25, -0.2) is 15.0 Å². The van der Waals surface area contributed by atoms with Crippen LogP contribution >= 0.6 is 15.9 Å². The number of hydrogen-bond donors (Lipinski definition) is 1. The maximum atomic E-state index is 12.9. The third-order valence-corrected chi connectivity index (χ3v) is 5.27. The van der Waals surface area contributed by atoms with Crippen molar-refractivity contribution in [3.8, 4) is 0 Å². The molecule has 2 aromatic heterocycles. The van der Waals surface area contributed by atoms with Gasteiger partial charge in [-0.15, -0.1) is 0 Å². The van der Waals surface area contributed by atoms with E-state index in [9.17, 15) is 4.79 Å². The Morgan fingerprint density at radius 3 is 2.82 bits per heavy atom. The molecule has 7 heteroatoms. The first kappa shape index (κ1) is 18.6. The third kappa shape index (κ3) is 3.89. The van der Waals surface area contributed by atoms with Crippen LogP contribution in [0.4, 0.5) is 11.5 Å². The number of aryl methyl sites for hydroxylation is 1. The molecule has 1 aliphatic heterocycles. The molecule has 0 fully saturated rings. The summed E-state index contributed by atoms with van der Waals surface area (Å²) in [6, 6.07) is 11.1. The van der Waals surface area contributed by atoms with E-state index in [2.05, 4.69) is 41.1 Å². The predicted molar refractivity (Wildman–Crippen MR) is 112 cm³/mol. The quantitative estimate of drug-likeness (QED) is 0.667. The van der Waals surface area contributed by atoms with Gasteiger partial charge in [0.1, 0.15) is 11.6 Å². The molecule has 3 aromatic rings. The number of fused-ring (bicyclic) bond motifs is 1. The Labute approximate surface area is 172 Å². The zero-order valence-corrected chi connectivity index (χ0v) is 17.1. The van der Waals surface area contributed by atoms with E-state index in [1.54, 1.807) is 12.3 Å². The van der Waals surface area contributed by atoms with Gasteiger partial charge in [0.05, 0.1) is 17.8 Å². The van der Waals surface area contributed by atoms with E-state index in [0.717, 1.165) is 41.1 Å². The van der Waals surface area contributed by atoms with Crippen LogP contribution in [-0.2, 0) is 19.4 Å². The van der Waals surface area contributed by atoms with Gasteiger partial charge in [0.25, 0.3) is 5.91 Å². The third-order valence-electron chi connectivity index (χ3n) is 4.74. The molecule has 0 atom stereocenters. The van der Waals surface area contributed by atoms with Crippen molar-refractivity contribution in [2.24, 2.45) is 0 Å². The van der Waals surface area contributed by atoms with E-state index in [1.807, 2.05) is 43.5 Å². The van der Waals surface area contributed by atoms with Crippen LogP contribution in [0.3, 0.4) is 0 Å². The van der Waals surface area contributed by atoms with E-state index in [4.69, 9.17) is 0 Å². The van der Waals surface area contributed by atoms with Crippen LogP contribution in [0.2, 0.25) is 0 Å². The number of carbonyl (C=O) groups excluding carboxylic acids is 1. The molecule has 4 rings (SSSR count). The van der Waals surface area contributed by atoms with E-state index in [-0.39, 0.29) is 5.91 Å². The van der Waals surface area contributed by atoms with Gasteiger partial charge < -0.3 is 10.2 Å². The lowest BCUT2D eigenvalue weighted by Crippen LogP contribution is -2.34. The molecule has 0 spiro atoms. The van der Waals surface area contributed by atoms with E-state index < -0.39 is 0 Å². The van der Waals surface area contributed by atoms with Crippen molar-refractivity contribution in [1.82, 2.24) is 15.0 Å². The Morgan fingerprint density at radius 2 is 2.04 bits per heavy atom. The van der Waals surface area contributed by atoms with Crippen molar-refractivity contribution in [2.45, 2.75) is 26.3 Å². The number of rotatable bonds is 4. The fourth-order valence-electron chi connectivity index (χ4n) is 3.25. The first-order valence-electron chi connectivity index (χ1n) is 9.24. The second-order valence-corrected chi connectivity index (χ2v) is 7.53. The smallest absolute Gasteiger partial charge is 0.259 e. The Bertz CT molecular complexity index is 1010.